The van der Waals surface area contributed by atoms with Crippen LogP contribution in [0, 0.1) is 0 Å². The summed E-state index contributed by atoms with van der Waals surface area (Å²) in [5.41, 5.74) is 2.72. The van der Waals surface area contributed by atoms with Crippen molar-refractivity contribution in [3.05, 3.63) is 54.6 Å². The molecule has 1 N–H and O–H groups in total. The van der Waals surface area contributed by atoms with E-state index >= 15 is 0 Å². The van der Waals surface area contributed by atoms with E-state index in [9.17, 15) is 9.59 Å². The Morgan fingerprint density at radius 1 is 0.926 bits per heavy atom. The maximum Gasteiger partial charge on any atom is 0.247 e. The number of carbonyl (C=O) groups is 2. The van der Waals surface area contributed by atoms with E-state index < -0.39 is 6.04 Å². The van der Waals surface area contributed by atoms with Crippen molar-refractivity contribution in [1.29, 1.82) is 0 Å². The summed E-state index contributed by atoms with van der Waals surface area (Å²) in [5.74, 6) is -0.121. The first-order chi connectivity index (χ1) is 13.2. The molecule has 27 heavy (non-hydrogen) atoms. The Bertz CT molecular complexity index is 815. The van der Waals surface area contributed by atoms with Gasteiger partial charge in [-0.15, -0.1) is 0 Å². The number of nitrogens with one attached hydrogen (secondary N) is 1. The third-order valence-corrected chi connectivity index (χ3v) is 5.38. The molecule has 5 heteroatoms. The maximum absolute atomic E-state index is 12.9. The lowest BCUT2D eigenvalue weighted by Crippen LogP contribution is -2.41. The molecule has 1 atom stereocenters. The number of anilines is 3. The predicted molar refractivity (Wildman–Crippen MR) is 108 cm³/mol. The molecule has 2 aromatic carbocycles. The summed E-state index contributed by atoms with van der Waals surface area (Å²) in [5, 5.41) is 3.02. The van der Waals surface area contributed by atoms with Gasteiger partial charge in [0.25, 0.3) is 0 Å². The molecule has 1 unspecified atom stereocenters. The Balaban J connectivity index is 1.49. The summed E-state index contributed by atoms with van der Waals surface area (Å²) >= 11 is 0. The smallest absolute Gasteiger partial charge is 0.247 e. The largest absolute Gasteiger partial charge is 0.371 e. The van der Waals surface area contributed by atoms with Gasteiger partial charge in [-0.25, -0.2) is 0 Å². The minimum Gasteiger partial charge on any atom is -0.371 e. The summed E-state index contributed by atoms with van der Waals surface area (Å²) in [6, 6.07) is 17.0. The molecule has 0 spiro atoms. The van der Waals surface area contributed by atoms with E-state index in [0.717, 1.165) is 30.2 Å². The van der Waals surface area contributed by atoms with E-state index in [4.69, 9.17) is 0 Å². The van der Waals surface area contributed by atoms with Crippen LogP contribution in [-0.4, -0.2) is 30.9 Å². The van der Waals surface area contributed by atoms with Crippen LogP contribution in [0.1, 0.15) is 32.1 Å². The standard InChI is InChI=1S/C22H25N3O2/c26-21-13-12-20(25(21)18-9-3-1-4-10-18)22(27)23-17-8-7-11-19(16-17)24-14-5-2-6-15-24/h1,3-4,7-11,16,20H,2,5-6,12-15H2,(H,23,27). The Kier molecular flexibility index (Phi) is 5.10. The number of carbonyl (C=O) groups excluding carboxylic acids is 2. The monoisotopic (exact) mass is 363 g/mol. The zero-order valence-corrected chi connectivity index (χ0v) is 15.4. The number of hydrogen-bond donors (Lipinski definition) is 1. The van der Waals surface area contributed by atoms with Crippen LogP contribution in [0.4, 0.5) is 17.1 Å². The fraction of sp³-hybridized carbons (Fsp3) is 0.364. The van der Waals surface area contributed by atoms with Gasteiger partial charge in [-0.1, -0.05) is 24.3 Å². The van der Waals surface area contributed by atoms with E-state index in [2.05, 4.69) is 16.3 Å². The minimum absolute atomic E-state index is 0.00316. The third-order valence-electron chi connectivity index (χ3n) is 5.38. The third kappa shape index (κ3) is 3.82. The highest BCUT2D eigenvalue weighted by molar-refractivity contribution is 6.07. The van der Waals surface area contributed by atoms with Gasteiger partial charge in [0.05, 0.1) is 0 Å². The molecule has 2 fully saturated rings. The van der Waals surface area contributed by atoms with Crippen molar-refractivity contribution < 1.29 is 9.59 Å². The van der Waals surface area contributed by atoms with Crippen LogP contribution in [0.2, 0.25) is 0 Å². The number of rotatable bonds is 4. The number of nitrogens with zero attached hydrogens (tertiary/aromatic N) is 2. The zero-order valence-electron chi connectivity index (χ0n) is 15.4. The van der Waals surface area contributed by atoms with E-state index in [0.29, 0.717) is 12.8 Å². The zero-order chi connectivity index (χ0) is 18.6. The fourth-order valence-corrected chi connectivity index (χ4v) is 4.00. The molecule has 2 amide bonds. The average Bonchev–Trinajstić information content (AvgIpc) is 3.11. The molecular formula is C22H25N3O2. The lowest BCUT2D eigenvalue weighted by Gasteiger charge is -2.29. The average molecular weight is 363 g/mol. The number of amides is 2. The summed E-state index contributed by atoms with van der Waals surface area (Å²) in [6.45, 7) is 2.13. The molecule has 0 bridgehead atoms. The summed E-state index contributed by atoms with van der Waals surface area (Å²) in [7, 11) is 0. The molecular weight excluding hydrogens is 338 g/mol. The summed E-state index contributed by atoms with van der Waals surface area (Å²) < 4.78 is 0. The van der Waals surface area contributed by atoms with Crippen molar-refractivity contribution in [3.63, 3.8) is 0 Å². The quantitative estimate of drug-likeness (QED) is 0.899. The molecule has 140 valence electrons. The van der Waals surface area contributed by atoms with E-state index in [1.165, 1.54) is 19.3 Å². The molecule has 5 nitrogen and oxygen atoms in total. The van der Waals surface area contributed by atoms with Crippen molar-refractivity contribution in [3.8, 4) is 0 Å². The minimum atomic E-state index is -0.460. The predicted octanol–water partition coefficient (Wildman–Crippen LogP) is 3.81. The first-order valence-corrected chi connectivity index (χ1v) is 9.75. The second-order valence-corrected chi connectivity index (χ2v) is 7.24. The lowest BCUT2D eigenvalue weighted by atomic mass is 10.1. The van der Waals surface area contributed by atoms with Crippen molar-refractivity contribution in [2.75, 3.05) is 28.2 Å². The maximum atomic E-state index is 12.9. The summed E-state index contributed by atoms with van der Waals surface area (Å²) in [6.07, 6.45) is 4.67. The van der Waals surface area contributed by atoms with Gasteiger partial charge in [-0.05, 0) is 56.0 Å². The molecule has 2 aliphatic heterocycles. The Labute approximate surface area is 160 Å². The second-order valence-electron chi connectivity index (χ2n) is 7.24. The van der Waals surface area contributed by atoms with Gasteiger partial charge < -0.3 is 10.2 Å². The molecule has 2 aromatic rings. The van der Waals surface area contributed by atoms with Gasteiger partial charge in [0.1, 0.15) is 6.04 Å². The van der Waals surface area contributed by atoms with Crippen LogP contribution >= 0.6 is 0 Å². The van der Waals surface area contributed by atoms with E-state index in [1.807, 2.05) is 48.5 Å². The lowest BCUT2D eigenvalue weighted by molar-refractivity contribution is -0.120. The highest BCUT2D eigenvalue weighted by Gasteiger charge is 2.37. The molecule has 2 aliphatic rings. The van der Waals surface area contributed by atoms with Crippen LogP contribution in [0.25, 0.3) is 0 Å². The molecule has 2 heterocycles. The van der Waals surface area contributed by atoms with Crippen LogP contribution in [-0.2, 0) is 9.59 Å². The topological polar surface area (TPSA) is 52.7 Å². The molecule has 4 rings (SSSR count). The molecule has 0 aromatic heterocycles. The van der Waals surface area contributed by atoms with Crippen LogP contribution in [0.5, 0.6) is 0 Å². The van der Waals surface area contributed by atoms with Gasteiger partial charge in [0.15, 0.2) is 0 Å². The molecule has 0 aliphatic carbocycles. The highest BCUT2D eigenvalue weighted by Crippen LogP contribution is 2.28. The van der Waals surface area contributed by atoms with Crippen molar-refractivity contribution in [2.45, 2.75) is 38.1 Å². The molecule has 0 saturated carbocycles. The normalized spacial score (nSPS) is 20.0. The Morgan fingerprint density at radius 2 is 1.67 bits per heavy atom. The number of piperidine rings is 1. The highest BCUT2D eigenvalue weighted by atomic mass is 16.2. The van der Waals surface area contributed by atoms with Crippen molar-refractivity contribution >= 4 is 28.9 Å². The fourth-order valence-electron chi connectivity index (χ4n) is 4.00. The summed E-state index contributed by atoms with van der Waals surface area (Å²) in [4.78, 5) is 29.3. The van der Waals surface area contributed by atoms with Crippen LogP contribution in [0.15, 0.2) is 54.6 Å². The van der Waals surface area contributed by atoms with Gasteiger partial charge in [0.2, 0.25) is 11.8 Å². The van der Waals surface area contributed by atoms with Crippen LogP contribution in [0.3, 0.4) is 0 Å². The first-order valence-electron chi connectivity index (χ1n) is 9.75. The first kappa shape index (κ1) is 17.6. The SMILES string of the molecule is O=C(Nc1cccc(N2CCCCC2)c1)C1CCC(=O)N1c1ccccc1. The second kappa shape index (κ2) is 7.82. The number of para-hydroxylation sites is 1. The number of benzene rings is 2. The van der Waals surface area contributed by atoms with E-state index in [1.54, 1.807) is 4.90 Å². The molecule has 0 radical (unpaired) electrons. The van der Waals surface area contributed by atoms with Gasteiger partial charge in [-0.3, -0.25) is 14.5 Å². The van der Waals surface area contributed by atoms with Crippen LogP contribution < -0.4 is 15.1 Å². The van der Waals surface area contributed by atoms with Gasteiger partial charge in [0, 0.05) is 36.6 Å². The Morgan fingerprint density at radius 3 is 2.44 bits per heavy atom. The van der Waals surface area contributed by atoms with E-state index in [-0.39, 0.29) is 11.8 Å². The van der Waals surface area contributed by atoms with Gasteiger partial charge >= 0.3 is 0 Å². The number of hydrogen-bond acceptors (Lipinski definition) is 3. The molecule has 2 saturated heterocycles. The Hall–Kier alpha value is -2.82. The van der Waals surface area contributed by atoms with Crippen molar-refractivity contribution in [2.24, 2.45) is 0 Å². The van der Waals surface area contributed by atoms with Gasteiger partial charge in [-0.2, -0.15) is 0 Å². The van der Waals surface area contributed by atoms with Crippen molar-refractivity contribution in [1.82, 2.24) is 0 Å².